The fourth-order valence-electron chi connectivity index (χ4n) is 3.52. The van der Waals surface area contributed by atoms with E-state index >= 15 is 0 Å². The van der Waals surface area contributed by atoms with E-state index < -0.39 is 6.10 Å². The number of rotatable bonds is 6. The van der Waals surface area contributed by atoms with Crippen molar-refractivity contribution in [2.24, 2.45) is 0 Å². The molecule has 0 aliphatic heterocycles. The molecule has 29 heavy (non-hydrogen) atoms. The number of halogens is 1. The summed E-state index contributed by atoms with van der Waals surface area (Å²) in [5, 5.41) is 4.14. The minimum Gasteiger partial charge on any atom is -0.481 e. The minimum absolute atomic E-state index is 0.297. The first kappa shape index (κ1) is 21.7. The van der Waals surface area contributed by atoms with Gasteiger partial charge in [0.25, 0.3) is 5.91 Å². The molecule has 2 aromatic rings. The van der Waals surface area contributed by atoms with Gasteiger partial charge >= 0.3 is 5.97 Å². The predicted octanol–water partition coefficient (Wildman–Crippen LogP) is 5.48. The van der Waals surface area contributed by atoms with Crippen LogP contribution in [0, 0.1) is 13.8 Å². The van der Waals surface area contributed by atoms with Crippen LogP contribution in [-0.2, 0) is 22.4 Å². The Balaban J connectivity index is 1.79. The summed E-state index contributed by atoms with van der Waals surface area (Å²) < 4.78 is 11.1. The molecule has 1 aromatic heterocycles. The topological polar surface area (TPSA) is 64.6 Å². The van der Waals surface area contributed by atoms with Crippen LogP contribution in [0.25, 0.3) is 0 Å². The molecule has 1 aliphatic carbocycles. The van der Waals surface area contributed by atoms with Gasteiger partial charge in [0, 0.05) is 9.90 Å². The fraction of sp³-hybridized carbons (Fsp3) is 0.455. The zero-order valence-corrected chi connectivity index (χ0v) is 18.8. The Morgan fingerprint density at radius 1 is 1.21 bits per heavy atom. The van der Waals surface area contributed by atoms with Gasteiger partial charge in [-0.3, -0.25) is 4.79 Å². The monoisotopic (exact) mass is 435 g/mol. The van der Waals surface area contributed by atoms with Crippen LogP contribution in [0.3, 0.4) is 0 Å². The van der Waals surface area contributed by atoms with Gasteiger partial charge in [-0.2, -0.15) is 0 Å². The summed E-state index contributed by atoms with van der Waals surface area (Å²) in [4.78, 5) is 26.5. The van der Waals surface area contributed by atoms with Gasteiger partial charge in [0.2, 0.25) is 0 Å². The fourth-order valence-corrected chi connectivity index (χ4v) is 4.91. The normalized spacial score (nSPS) is 14.1. The second kappa shape index (κ2) is 9.18. The number of carbonyl (C=O) groups is 2. The SMILES string of the molecule is CCOC(=O)c1c(NC(=O)[C@H](C)Oc2cc(C)c(Cl)c(C)c2)sc2c1CCCC2. The Morgan fingerprint density at radius 2 is 1.86 bits per heavy atom. The Kier molecular flexibility index (Phi) is 6.85. The third-order valence-electron chi connectivity index (χ3n) is 4.98. The first-order chi connectivity index (χ1) is 13.8. The van der Waals surface area contributed by atoms with Crippen molar-refractivity contribution in [3.05, 3.63) is 44.3 Å². The molecule has 0 fully saturated rings. The van der Waals surface area contributed by atoms with E-state index in [0.29, 0.717) is 27.9 Å². The Bertz CT molecular complexity index is 914. The number of anilines is 1. The van der Waals surface area contributed by atoms with Crippen molar-refractivity contribution in [3.63, 3.8) is 0 Å². The van der Waals surface area contributed by atoms with Gasteiger partial charge in [-0.25, -0.2) is 4.79 Å². The molecule has 1 aliphatic rings. The number of carbonyl (C=O) groups excluding carboxylic acids is 2. The average molecular weight is 436 g/mol. The highest BCUT2D eigenvalue weighted by Gasteiger charge is 2.28. The van der Waals surface area contributed by atoms with Crippen LogP contribution in [0.1, 0.15) is 58.6 Å². The van der Waals surface area contributed by atoms with E-state index in [-0.39, 0.29) is 11.9 Å². The zero-order valence-electron chi connectivity index (χ0n) is 17.2. The quantitative estimate of drug-likeness (QED) is 0.610. The summed E-state index contributed by atoms with van der Waals surface area (Å²) in [5.41, 5.74) is 3.31. The highest BCUT2D eigenvalue weighted by atomic mass is 35.5. The largest absolute Gasteiger partial charge is 0.481 e. The minimum atomic E-state index is -0.732. The maximum atomic E-state index is 12.8. The van der Waals surface area contributed by atoms with Crippen molar-refractivity contribution < 1.29 is 19.1 Å². The predicted molar refractivity (Wildman–Crippen MR) is 117 cm³/mol. The van der Waals surface area contributed by atoms with Gasteiger partial charge in [-0.1, -0.05) is 11.6 Å². The number of esters is 1. The van der Waals surface area contributed by atoms with Crippen molar-refractivity contribution in [1.82, 2.24) is 0 Å². The van der Waals surface area contributed by atoms with E-state index in [0.717, 1.165) is 47.3 Å². The molecule has 1 heterocycles. The number of hydrogen-bond acceptors (Lipinski definition) is 5. The van der Waals surface area contributed by atoms with Crippen molar-refractivity contribution in [2.45, 2.75) is 59.5 Å². The van der Waals surface area contributed by atoms with Gasteiger partial charge in [0.1, 0.15) is 10.8 Å². The van der Waals surface area contributed by atoms with Gasteiger partial charge in [-0.15, -0.1) is 11.3 Å². The molecule has 7 heteroatoms. The van der Waals surface area contributed by atoms with Gasteiger partial charge < -0.3 is 14.8 Å². The third kappa shape index (κ3) is 4.75. The van der Waals surface area contributed by atoms with Gasteiger partial charge in [0.15, 0.2) is 6.10 Å². The highest BCUT2D eigenvalue weighted by Crippen LogP contribution is 2.38. The number of aryl methyl sites for hydroxylation is 3. The maximum Gasteiger partial charge on any atom is 0.341 e. The number of nitrogens with one attached hydrogen (secondary N) is 1. The van der Waals surface area contributed by atoms with Crippen LogP contribution in [0.5, 0.6) is 5.75 Å². The lowest BCUT2D eigenvalue weighted by Gasteiger charge is -2.16. The number of ether oxygens (including phenoxy) is 2. The van der Waals surface area contributed by atoms with E-state index in [1.165, 1.54) is 11.3 Å². The molecule has 0 saturated heterocycles. The lowest BCUT2D eigenvalue weighted by Crippen LogP contribution is -2.30. The third-order valence-corrected chi connectivity index (χ3v) is 6.78. The molecule has 5 nitrogen and oxygen atoms in total. The molecule has 1 aromatic carbocycles. The lowest BCUT2D eigenvalue weighted by molar-refractivity contribution is -0.122. The van der Waals surface area contributed by atoms with E-state index in [1.807, 2.05) is 26.0 Å². The molecule has 1 amide bonds. The van der Waals surface area contributed by atoms with Crippen molar-refractivity contribution in [1.29, 1.82) is 0 Å². The van der Waals surface area contributed by atoms with E-state index in [1.54, 1.807) is 13.8 Å². The molecule has 0 radical (unpaired) electrons. The summed E-state index contributed by atoms with van der Waals surface area (Å²) in [7, 11) is 0. The van der Waals surface area contributed by atoms with Crippen molar-refractivity contribution >= 4 is 39.8 Å². The highest BCUT2D eigenvalue weighted by molar-refractivity contribution is 7.17. The standard InChI is InChI=1S/C22H26ClNO4S/c1-5-27-22(26)18-16-8-6-7-9-17(16)29-21(18)24-20(25)14(4)28-15-10-12(2)19(23)13(3)11-15/h10-11,14H,5-9H2,1-4H3,(H,24,25)/t14-/m0/s1. The molecular weight excluding hydrogens is 410 g/mol. The molecule has 0 saturated carbocycles. The Hall–Kier alpha value is -2.05. The van der Waals surface area contributed by atoms with Crippen LogP contribution in [0.4, 0.5) is 5.00 Å². The summed E-state index contributed by atoms with van der Waals surface area (Å²) in [6.45, 7) is 7.56. The summed E-state index contributed by atoms with van der Waals surface area (Å²) in [5.74, 6) is -0.0951. The van der Waals surface area contributed by atoms with Crippen molar-refractivity contribution in [3.8, 4) is 5.75 Å². The molecule has 0 spiro atoms. The number of fused-ring (bicyclic) bond motifs is 1. The Morgan fingerprint density at radius 3 is 2.52 bits per heavy atom. The van der Waals surface area contributed by atoms with Crippen LogP contribution in [-0.4, -0.2) is 24.6 Å². The summed E-state index contributed by atoms with van der Waals surface area (Å²) >= 11 is 7.67. The van der Waals surface area contributed by atoms with Crippen LogP contribution in [0.2, 0.25) is 5.02 Å². The summed E-state index contributed by atoms with van der Waals surface area (Å²) in [6.07, 6.45) is 3.17. The van der Waals surface area contributed by atoms with E-state index in [2.05, 4.69) is 5.32 Å². The number of amides is 1. The molecule has 1 atom stereocenters. The first-order valence-corrected chi connectivity index (χ1v) is 11.1. The van der Waals surface area contributed by atoms with E-state index in [4.69, 9.17) is 21.1 Å². The maximum absolute atomic E-state index is 12.8. The molecular formula is C22H26ClNO4S. The second-order valence-electron chi connectivity index (χ2n) is 7.26. The number of hydrogen-bond donors (Lipinski definition) is 1. The number of benzene rings is 1. The van der Waals surface area contributed by atoms with E-state index in [9.17, 15) is 9.59 Å². The van der Waals surface area contributed by atoms with Crippen molar-refractivity contribution in [2.75, 3.05) is 11.9 Å². The second-order valence-corrected chi connectivity index (χ2v) is 8.74. The summed E-state index contributed by atoms with van der Waals surface area (Å²) in [6, 6.07) is 3.63. The average Bonchev–Trinajstić information content (AvgIpc) is 3.04. The smallest absolute Gasteiger partial charge is 0.341 e. The van der Waals surface area contributed by atoms with Gasteiger partial charge in [0.05, 0.1) is 12.2 Å². The number of thiophene rings is 1. The molecule has 0 bridgehead atoms. The lowest BCUT2D eigenvalue weighted by atomic mass is 9.95. The Labute approximate surface area is 180 Å². The van der Waals surface area contributed by atoms with Crippen LogP contribution >= 0.6 is 22.9 Å². The molecule has 0 unspecified atom stereocenters. The zero-order chi connectivity index (χ0) is 21.1. The molecule has 1 N–H and O–H groups in total. The van der Waals surface area contributed by atoms with Crippen LogP contribution in [0.15, 0.2) is 12.1 Å². The molecule has 3 rings (SSSR count). The molecule has 156 valence electrons. The first-order valence-electron chi connectivity index (χ1n) is 9.87. The van der Waals surface area contributed by atoms with Gasteiger partial charge in [-0.05, 0) is 82.2 Å². The van der Waals surface area contributed by atoms with Crippen LogP contribution < -0.4 is 10.1 Å².